The van der Waals surface area contributed by atoms with E-state index < -0.39 is 10.0 Å². The molecule has 7 heteroatoms. The van der Waals surface area contributed by atoms with Crippen LogP contribution in [-0.2, 0) is 10.0 Å². The number of rotatable bonds is 6. The van der Waals surface area contributed by atoms with Gasteiger partial charge in [-0.3, -0.25) is 4.72 Å². The van der Waals surface area contributed by atoms with E-state index in [2.05, 4.69) is 15.0 Å². The van der Waals surface area contributed by atoms with E-state index in [9.17, 15) is 8.42 Å². The van der Waals surface area contributed by atoms with Gasteiger partial charge in [-0.15, -0.1) is 0 Å². The van der Waals surface area contributed by atoms with Crippen LogP contribution in [0.15, 0.2) is 72.9 Å². The quantitative estimate of drug-likeness (QED) is 0.699. The molecule has 0 spiro atoms. The van der Waals surface area contributed by atoms with Crippen molar-refractivity contribution in [1.29, 1.82) is 0 Å². The fraction of sp³-hybridized carbons (Fsp3) is 0.0556. The van der Waals surface area contributed by atoms with Gasteiger partial charge in [0, 0.05) is 5.69 Å². The Labute approximate surface area is 146 Å². The maximum atomic E-state index is 11.2. The topological polar surface area (TPSA) is 80.3 Å². The van der Waals surface area contributed by atoms with Crippen molar-refractivity contribution in [3.05, 3.63) is 72.9 Å². The minimum Gasteiger partial charge on any atom is -0.457 e. The Balaban J connectivity index is 1.63. The van der Waals surface area contributed by atoms with Gasteiger partial charge in [0.2, 0.25) is 10.0 Å². The first-order chi connectivity index (χ1) is 12.0. The average molecular weight is 355 g/mol. The maximum Gasteiger partial charge on any atom is 0.229 e. The van der Waals surface area contributed by atoms with Gasteiger partial charge < -0.3 is 10.1 Å². The van der Waals surface area contributed by atoms with Crippen LogP contribution >= 0.6 is 0 Å². The number of ether oxygens (including phenoxy) is 1. The zero-order valence-corrected chi connectivity index (χ0v) is 14.3. The summed E-state index contributed by atoms with van der Waals surface area (Å²) in [7, 11) is -3.30. The third-order valence-corrected chi connectivity index (χ3v) is 3.78. The molecule has 0 atom stereocenters. The Morgan fingerprint density at radius 2 is 1.48 bits per heavy atom. The molecule has 0 saturated carbocycles. The van der Waals surface area contributed by atoms with Crippen LogP contribution in [0.4, 0.5) is 17.2 Å². The van der Waals surface area contributed by atoms with Crippen molar-refractivity contribution in [2.75, 3.05) is 16.3 Å². The SMILES string of the molecule is CS(=O)(=O)Nc1ccc(Nc2ccc(Oc3ccccc3)cc2)nc1. The number of para-hydroxylation sites is 1. The van der Waals surface area contributed by atoms with Crippen molar-refractivity contribution in [2.45, 2.75) is 0 Å². The predicted molar refractivity (Wildman–Crippen MR) is 98.9 cm³/mol. The van der Waals surface area contributed by atoms with Gasteiger partial charge in [0.25, 0.3) is 0 Å². The monoisotopic (exact) mass is 355 g/mol. The summed E-state index contributed by atoms with van der Waals surface area (Å²) in [4.78, 5) is 4.18. The van der Waals surface area contributed by atoms with E-state index in [-0.39, 0.29) is 0 Å². The van der Waals surface area contributed by atoms with Crippen LogP contribution < -0.4 is 14.8 Å². The predicted octanol–water partition coefficient (Wildman–Crippen LogP) is 3.99. The van der Waals surface area contributed by atoms with E-state index in [1.807, 2.05) is 54.6 Å². The molecular formula is C18H17N3O3S. The first kappa shape index (κ1) is 16.8. The highest BCUT2D eigenvalue weighted by atomic mass is 32.2. The Hall–Kier alpha value is -3.06. The summed E-state index contributed by atoms with van der Waals surface area (Å²) in [5.41, 5.74) is 1.26. The summed E-state index contributed by atoms with van der Waals surface area (Å²) >= 11 is 0. The van der Waals surface area contributed by atoms with Gasteiger partial charge in [0.05, 0.1) is 18.1 Å². The number of anilines is 3. The molecule has 1 heterocycles. The van der Waals surface area contributed by atoms with Gasteiger partial charge in [0.15, 0.2) is 0 Å². The summed E-state index contributed by atoms with van der Waals surface area (Å²) in [6.07, 6.45) is 2.55. The Bertz CT molecular complexity index is 926. The van der Waals surface area contributed by atoms with Crippen molar-refractivity contribution in [3.8, 4) is 11.5 Å². The van der Waals surface area contributed by atoms with Crippen LogP contribution in [0.2, 0.25) is 0 Å². The van der Waals surface area contributed by atoms with E-state index in [1.165, 1.54) is 6.20 Å². The third kappa shape index (κ3) is 5.22. The summed E-state index contributed by atoms with van der Waals surface area (Å²) in [5.74, 6) is 2.12. The summed E-state index contributed by atoms with van der Waals surface area (Å²) in [6, 6.07) is 20.4. The van der Waals surface area contributed by atoms with Crippen LogP contribution in [0.3, 0.4) is 0 Å². The minimum absolute atomic E-state index is 0.416. The van der Waals surface area contributed by atoms with E-state index in [0.29, 0.717) is 11.5 Å². The molecule has 6 nitrogen and oxygen atoms in total. The lowest BCUT2D eigenvalue weighted by Crippen LogP contribution is -2.09. The largest absolute Gasteiger partial charge is 0.457 e. The van der Waals surface area contributed by atoms with Crippen LogP contribution in [0.5, 0.6) is 11.5 Å². The lowest BCUT2D eigenvalue weighted by atomic mass is 10.3. The molecule has 0 amide bonds. The molecule has 0 saturated heterocycles. The average Bonchev–Trinajstić information content (AvgIpc) is 2.58. The second-order valence-electron chi connectivity index (χ2n) is 5.37. The molecule has 2 aromatic carbocycles. The van der Waals surface area contributed by atoms with Crippen molar-refractivity contribution in [2.24, 2.45) is 0 Å². The second kappa shape index (κ2) is 7.23. The molecule has 25 heavy (non-hydrogen) atoms. The lowest BCUT2D eigenvalue weighted by molar-refractivity contribution is 0.483. The number of sulfonamides is 1. The standard InChI is InChI=1S/C18H17N3O3S/c1-25(22,23)21-15-9-12-18(19-13-15)20-14-7-10-17(11-8-14)24-16-5-3-2-4-6-16/h2-13,21H,1H3,(H,19,20). The molecule has 2 N–H and O–H groups in total. The number of pyridine rings is 1. The normalized spacial score (nSPS) is 10.9. The molecule has 0 aliphatic rings. The maximum absolute atomic E-state index is 11.2. The number of benzene rings is 2. The zero-order valence-electron chi connectivity index (χ0n) is 13.5. The Kier molecular flexibility index (Phi) is 4.85. The van der Waals surface area contributed by atoms with E-state index in [1.54, 1.807) is 12.1 Å². The molecule has 0 aliphatic heterocycles. The van der Waals surface area contributed by atoms with Gasteiger partial charge in [-0.1, -0.05) is 18.2 Å². The van der Waals surface area contributed by atoms with Gasteiger partial charge >= 0.3 is 0 Å². The third-order valence-electron chi connectivity index (χ3n) is 3.17. The highest BCUT2D eigenvalue weighted by Gasteiger charge is 2.03. The summed E-state index contributed by atoms with van der Waals surface area (Å²) < 4.78 is 30.5. The summed E-state index contributed by atoms with van der Waals surface area (Å²) in [6.45, 7) is 0. The van der Waals surface area contributed by atoms with Crippen LogP contribution in [-0.4, -0.2) is 19.7 Å². The number of aromatic nitrogens is 1. The van der Waals surface area contributed by atoms with Crippen LogP contribution in [0, 0.1) is 0 Å². The van der Waals surface area contributed by atoms with Gasteiger partial charge in [-0.05, 0) is 48.5 Å². The van der Waals surface area contributed by atoms with Crippen molar-refractivity contribution >= 4 is 27.2 Å². The minimum atomic E-state index is -3.30. The van der Waals surface area contributed by atoms with Crippen molar-refractivity contribution in [1.82, 2.24) is 4.98 Å². The molecule has 1 aromatic heterocycles. The lowest BCUT2D eigenvalue weighted by Gasteiger charge is -2.09. The molecule has 0 fully saturated rings. The molecule has 0 bridgehead atoms. The summed E-state index contributed by atoms with van der Waals surface area (Å²) in [5, 5.41) is 3.14. The first-order valence-electron chi connectivity index (χ1n) is 7.52. The van der Waals surface area contributed by atoms with Gasteiger partial charge in [-0.2, -0.15) is 0 Å². The molecule has 0 radical (unpaired) electrons. The second-order valence-corrected chi connectivity index (χ2v) is 7.12. The van der Waals surface area contributed by atoms with E-state index in [4.69, 9.17) is 4.74 Å². The number of nitrogens with zero attached hydrogens (tertiary/aromatic N) is 1. The van der Waals surface area contributed by atoms with Crippen LogP contribution in [0.25, 0.3) is 0 Å². The van der Waals surface area contributed by atoms with Crippen molar-refractivity contribution < 1.29 is 13.2 Å². The van der Waals surface area contributed by atoms with Gasteiger partial charge in [0.1, 0.15) is 17.3 Å². The first-order valence-corrected chi connectivity index (χ1v) is 9.41. The van der Waals surface area contributed by atoms with Gasteiger partial charge in [-0.25, -0.2) is 13.4 Å². The molecule has 0 unspecified atom stereocenters. The number of hydrogen-bond acceptors (Lipinski definition) is 5. The van der Waals surface area contributed by atoms with E-state index in [0.717, 1.165) is 23.4 Å². The van der Waals surface area contributed by atoms with Crippen molar-refractivity contribution in [3.63, 3.8) is 0 Å². The molecule has 3 rings (SSSR count). The smallest absolute Gasteiger partial charge is 0.229 e. The highest BCUT2D eigenvalue weighted by molar-refractivity contribution is 7.92. The highest BCUT2D eigenvalue weighted by Crippen LogP contribution is 2.24. The fourth-order valence-electron chi connectivity index (χ4n) is 2.12. The van der Waals surface area contributed by atoms with Crippen LogP contribution in [0.1, 0.15) is 0 Å². The van der Waals surface area contributed by atoms with E-state index >= 15 is 0 Å². The molecular weight excluding hydrogens is 338 g/mol. The zero-order chi connectivity index (χ0) is 17.7. The number of hydrogen-bond donors (Lipinski definition) is 2. The number of nitrogens with one attached hydrogen (secondary N) is 2. The molecule has 3 aromatic rings. The fourth-order valence-corrected chi connectivity index (χ4v) is 2.67. The Morgan fingerprint density at radius 3 is 2.08 bits per heavy atom. The molecule has 0 aliphatic carbocycles. The Morgan fingerprint density at radius 1 is 0.840 bits per heavy atom. The molecule has 128 valence electrons.